The molecule has 0 fully saturated rings. The Bertz CT molecular complexity index is 364. The van der Waals surface area contributed by atoms with Gasteiger partial charge in [-0.05, 0) is 30.9 Å². The lowest BCUT2D eigenvalue weighted by Gasteiger charge is -2.38. The average Bonchev–Trinajstić information content (AvgIpc) is 2.07. The first-order chi connectivity index (χ1) is 6.66. The van der Waals surface area contributed by atoms with Crippen LogP contribution in [0.4, 0.5) is 5.82 Å². The van der Waals surface area contributed by atoms with Gasteiger partial charge in [-0.2, -0.15) is 0 Å². The number of hydrogen-bond acceptors (Lipinski definition) is 3. The molecule has 0 radical (unpaired) electrons. The Balaban J connectivity index is 3.32. The zero-order valence-electron chi connectivity index (χ0n) is 10.1. The molecule has 0 saturated heterocycles. The van der Waals surface area contributed by atoms with Gasteiger partial charge >= 0.3 is 0 Å². The first kappa shape index (κ1) is 12.0. The lowest BCUT2D eigenvalue weighted by molar-refractivity contribution is -0.0466. The molecule has 0 aliphatic rings. The molecule has 0 amide bonds. The second kappa shape index (κ2) is 3.49. The van der Waals surface area contributed by atoms with Crippen LogP contribution in [0.5, 0.6) is 0 Å². The Morgan fingerprint density at radius 2 is 1.80 bits per heavy atom. The fourth-order valence-electron chi connectivity index (χ4n) is 1.37. The van der Waals surface area contributed by atoms with E-state index in [4.69, 9.17) is 5.73 Å². The van der Waals surface area contributed by atoms with E-state index in [9.17, 15) is 5.11 Å². The number of nitrogens with zero attached hydrogens (tertiary/aromatic N) is 1. The molecule has 0 aromatic carbocycles. The number of rotatable bonds is 1. The molecular formula is C12H20N2O. The van der Waals surface area contributed by atoms with Crippen molar-refractivity contribution in [3.8, 4) is 0 Å². The summed E-state index contributed by atoms with van der Waals surface area (Å²) in [6.07, 6.45) is 1.71. The molecule has 0 bridgehead atoms. The highest BCUT2D eigenvalue weighted by Crippen LogP contribution is 2.40. The second-order valence-corrected chi connectivity index (χ2v) is 5.27. The van der Waals surface area contributed by atoms with Gasteiger partial charge in [0.2, 0.25) is 0 Å². The minimum Gasteiger partial charge on any atom is -0.385 e. The molecule has 84 valence electrons. The molecule has 0 aliphatic carbocycles. The van der Waals surface area contributed by atoms with Gasteiger partial charge in [-0.15, -0.1) is 0 Å². The van der Waals surface area contributed by atoms with Gasteiger partial charge in [-0.25, -0.2) is 4.98 Å². The van der Waals surface area contributed by atoms with Crippen molar-refractivity contribution in [1.82, 2.24) is 4.98 Å². The van der Waals surface area contributed by atoms with Crippen LogP contribution >= 0.6 is 0 Å². The number of hydrogen-bond donors (Lipinski definition) is 2. The molecule has 1 heterocycles. The van der Waals surface area contributed by atoms with Crippen LogP contribution in [0.15, 0.2) is 12.3 Å². The highest BCUT2D eigenvalue weighted by molar-refractivity contribution is 5.45. The Morgan fingerprint density at radius 1 is 1.27 bits per heavy atom. The quantitative estimate of drug-likeness (QED) is 0.744. The maximum atomic E-state index is 10.5. The number of anilines is 1. The van der Waals surface area contributed by atoms with Gasteiger partial charge in [0.15, 0.2) is 0 Å². The standard InChI is InChI=1S/C12H20N2O/c1-8-6-9(10(13)14-7-8)12(5,15)11(2,3)4/h6-7,15H,1-5H3,(H2,13,14). The van der Waals surface area contributed by atoms with E-state index in [1.807, 2.05) is 33.8 Å². The largest absolute Gasteiger partial charge is 0.385 e. The van der Waals surface area contributed by atoms with Crippen LogP contribution in [0.2, 0.25) is 0 Å². The maximum absolute atomic E-state index is 10.5. The molecular weight excluding hydrogens is 188 g/mol. The summed E-state index contributed by atoms with van der Waals surface area (Å²) in [5, 5.41) is 10.5. The summed E-state index contributed by atoms with van der Waals surface area (Å²) in [6, 6.07) is 1.90. The van der Waals surface area contributed by atoms with E-state index in [0.29, 0.717) is 11.4 Å². The summed E-state index contributed by atoms with van der Waals surface area (Å²) in [6.45, 7) is 9.66. The average molecular weight is 208 g/mol. The number of nitrogen functional groups attached to an aromatic ring is 1. The third kappa shape index (κ3) is 2.12. The molecule has 0 aliphatic heterocycles. The fourth-order valence-corrected chi connectivity index (χ4v) is 1.37. The van der Waals surface area contributed by atoms with Crippen molar-refractivity contribution in [3.05, 3.63) is 23.4 Å². The Kier molecular flexibility index (Phi) is 2.79. The summed E-state index contributed by atoms with van der Waals surface area (Å²) < 4.78 is 0. The van der Waals surface area contributed by atoms with E-state index in [-0.39, 0.29) is 5.41 Å². The monoisotopic (exact) mass is 208 g/mol. The SMILES string of the molecule is Cc1cnc(N)c(C(C)(O)C(C)(C)C)c1. The smallest absolute Gasteiger partial charge is 0.129 e. The van der Waals surface area contributed by atoms with Crippen LogP contribution in [-0.4, -0.2) is 10.1 Å². The highest BCUT2D eigenvalue weighted by Gasteiger charge is 2.38. The van der Waals surface area contributed by atoms with Crippen LogP contribution < -0.4 is 5.73 Å². The van der Waals surface area contributed by atoms with Crippen molar-refractivity contribution in [1.29, 1.82) is 0 Å². The van der Waals surface area contributed by atoms with Crippen LogP contribution in [0.1, 0.15) is 38.8 Å². The third-order valence-electron chi connectivity index (χ3n) is 3.04. The van der Waals surface area contributed by atoms with E-state index < -0.39 is 5.60 Å². The molecule has 3 nitrogen and oxygen atoms in total. The summed E-state index contributed by atoms with van der Waals surface area (Å²) in [4.78, 5) is 4.08. The van der Waals surface area contributed by atoms with Crippen LogP contribution in [0.3, 0.4) is 0 Å². The number of aromatic nitrogens is 1. The first-order valence-electron chi connectivity index (χ1n) is 5.11. The van der Waals surface area contributed by atoms with Gasteiger partial charge in [0.25, 0.3) is 0 Å². The Labute approximate surface area is 91.3 Å². The van der Waals surface area contributed by atoms with E-state index in [1.165, 1.54) is 0 Å². The van der Waals surface area contributed by atoms with E-state index >= 15 is 0 Å². The van der Waals surface area contributed by atoms with E-state index in [0.717, 1.165) is 5.56 Å². The predicted molar refractivity (Wildman–Crippen MR) is 62.4 cm³/mol. The second-order valence-electron chi connectivity index (χ2n) is 5.27. The predicted octanol–water partition coefficient (Wildman–Crippen LogP) is 2.23. The molecule has 1 aromatic rings. The minimum atomic E-state index is -0.976. The third-order valence-corrected chi connectivity index (χ3v) is 3.04. The molecule has 0 saturated carbocycles. The van der Waals surface area contributed by atoms with Crippen molar-refractivity contribution in [2.24, 2.45) is 5.41 Å². The van der Waals surface area contributed by atoms with Gasteiger partial charge in [0.1, 0.15) is 5.82 Å². The van der Waals surface area contributed by atoms with Crippen LogP contribution in [-0.2, 0) is 5.60 Å². The van der Waals surface area contributed by atoms with Crippen molar-refractivity contribution in [3.63, 3.8) is 0 Å². The van der Waals surface area contributed by atoms with E-state index in [1.54, 1.807) is 13.1 Å². The maximum Gasteiger partial charge on any atom is 0.129 e. The van der Waals surface area contributed by atoms with Gasteiger partial charge < -0.3 is 10.8 Å². The van der Waals surface area contributed by atoms with Gasteiger partial charge in [0, 0.05) is 11.8 Å². The van der Waals surface area contributed by atoms with E-state index in [2.05, 4.69) is 4.98 Å². The summed E-state index contributed by atoms with van der Waals surface area (Å²) in [7, 11) is 0. The molecule has 3 heteroatoms. The highest BCUT2D eigenvalue weighted by atomic mass is 16.3. The summed E-state index contributed by atoms with van der Waals surface area (Å²) in [5.74, 6) is 0.403. The molecule has 1 rings (SSSR count). The van der Waals surface area contributed by atoms with Gasteiger partial charge in [-0.3, -0.25) is 0 Å². The number of pyridine rings is 1. The molecule has 15 heavy (non-hydrogen) atoms. The van der Waals surface area contributed by atoms with Crippen molar-refractivity contribution >= 4 is 5.82 Å². The summed E-state index contributed by atoms with van der Waals surface area (Å²) in [5.41, 5.74) is 6.25. The first-order valence-corrected chi connectivity index (χ1v) is 5.11. The molecule has 1 aromatic heterocycles. The molecule has 0 spiro atoms. The zero-order chi connectivity index (χ0) is 11.9. The normalized spacial score (nSPS) is 16.1. The van der Waals surface area contributed by atoms with Gasteiger partial charge in [0.05, 0.1) is 5.60 Å². The van der Waals surface area contributed by atoms with Crippen LogP contribution in [0.25, 0.3) is 0 Å². The lowest BCUT2D eigenvalue weighted by atomic mass is 9.73. The Hall–Kier alpha value is -1.09. The van der Waals surface area contributed by atoms with Gasteiger partial charge in [-0.1, -0.05) is 20.8 Å². The molecule has 3 N–H and O–H groups in total. The number of aliphatic hydroxyl groups is 1. The molecule has 1 unspecified atom stereocenters. The summed E-state index contributed by atoms with van der Waals surface area (Å²) >= 11 is 0. The van der Waals surface area contributed by atoms with Crippen molar-refractivity contribution < 1.29 is 5.11 Å². The molecule has 1 atom stereocenters. The fraction of sp³-hybridized carbons (Fsp3) is 0.583. The zero-order valence-corrected chi connectivity index (χ0v) is 10.1. The van der Waals surface area contributed by atoms with Crippen molar-refractivity contribution in [2.75, 3.05) is 5.73 Å². The number of aryl methyl sites for hydroxylation is 1. The topological polar surface area (TPSA) is 59.1 Å². The number of nitrogens with two attached hydrogens (primary N) is 1. The van der Waals surface area contributed by atoms with Crippen molar-refractivity contribution in [2.45, 2.75) is 40.2 Å². The van der Waals surface area contributed by atoms with Crippen LogP contribution in [0, 0.1) is 12.3 Å². The Morgan fingerprint density at radius 3 is 2.27 bits per heavy atom. The minimum absolute atomic E-state index is 0.281. The lowest BCUT2D eigenvalue weighted by Crippen LogP contribution is -2.37.